The zero-order valence-corrected chi connectivity index (χ0v) is 12.8. The minimum atomic E-state index is -0.203. The molecule has 0 aliphatic carbocycles. The summed E-state index contributed by atoms with van der Waals surface area (Å²) in [6, 6.07) is 14.1. The van der Waals surface area contributed by atoms with E-state index < -0.39 is 0 Å². The van der Waals surface area contributed by atoms with E-state index in [-0.39, 0.29) is 23.0 Å². The molecule has 0 saturated heterocycles. The monoisotopic (exact) mass is 335 g/mol. The van der Waals surface area contributed by atoms with E-state index in [9.17, 15) is 20.4 Å². The van der Waals surface area contributed by atoms with Crippen LogP contribution in [0.3, 0.4) is 0 Å². The van der Waals surface area contributed by atoms with Gasteiger partial charge in [0.25, 0.3) is 0 Å². The van der Waals surface area contributed by atoms with Gasteiger partial charge in [0.2, 0.25) is 0 Å². The van der Waals surface area contributed by atoms with Crippen molar-refractivity contribution in [1.29, 1.82) is 0 Å². The molecule has 0 atom stereocenters. The van der Waals surface area contributed by atoms with Crippen LogP contribution in [0.2, 0.25) is 0 Å². The number of aromatic hydroxyl groups is 4. The van der Waals surface area contributed by atoms with Gasteiger partial charge in [-0.05, 0) is 35.9 Å². The van der Waals surface area contributed by atoms with Crippen molar-refractivity contribution in [3.05, 3.63) is 54.6 Å². The lowest BCUT2D eigenvalue weighted by molar-refractivity contribution is 0.405. The summed E-state index contributed by atoms with van der Waals surface area (Å²) >= 11 is 0. The lowest BCUT2D eigenvalue weighted by Crippen LogP contribution is -1.98. The second-order valence-electron chi connectivity index (χ2n) is 5.54. The summed E-state index contributed by atoms with van der Waals surface area (Å²) in [6.07, 6.45) is 0. The molecule has 0 aliphatic heterocycles. The molecule has 1 aromatic heterocycles. The summed E-state index contributed by atoms with van der Waals surface area (Å²) in [6.45, 7) is 0. The number of nitrogens with zero attached hydrogens (tertiary/aromatic N) is 3. The maximum atomic E-state index is 10.0. The Morgan fingerprint density at radius 3 is 2.32 bits per heavy atom. The third kappa shape index (κ3) is 2.47. The smallest absolute Gasteiger partial charge is 0.165 e. The molecule has 25 heavy (non-hydrogen) atoms. The molecule has 0 radical (unpaired) electrons. The zero-order chi connectivity index (χ0) is 17.6. The topological polar surface area (TPSA) is 112 Å². The van der Waals surface area contributed by atoms with E-state index in [2.05, 4.69) is 10.2 Å². The number of hydrogen-bond acceptors (Lipinski definition) is 6. The predicted molar refractivity (Wildman–Crippen MR) is 91.0 cm³/mol. The van der Waals surface area contributed by atoms with Crippen LogP contribution in [0.25, 0.3) is 27.8 Å². The van der Waals surface area contributed by atoms with Crippen LogP contribution >= 0.6 is 0 Å². The van der Waals surface area contributed by atoms with E-state index in [1.165, 1.54) is 29.1 Å². The van der Waals surface area contributed by atoms with Crippen LogP contribution < -0.4 is 0 Å². The molecule has 124 valence electrons. The molecule has 1 heterocycles. The van der Waals surface area contributed by atoms with Crippen LogP contribution in [0, 0.1) is 0 Å². The van der Waals surface area contributed by atoms with Gasteiger partial charge in [0.15, 0.2) is 11.5 Å². The molecule has 4 aromatic rings. The van der Waals surface area contributed by atoms with E-state index in [4.69, 9.17) is 0 Å². The Kier molecular flexibility index (Phi) is 3.21. The second kappa shape index (κ2) is 5.41. The number of rotatable bonds is 2. The van der Waals surface area contributed by atoms with Crippen LogP contribution in [-0.2, 0) is 0 Å². The highest BCUT2D eigenvalue weighted by atomic mass is 16.3. The van der Waals surface area contributed by atoms with Crippen LogP contribution in [0.4, 0.5) is 0 Å². The quantitative estimate of drug-likeness (QED) is 0.419. The largest absolute Gasteiger partial charge is 0.508 e. The first-order valence-electron chi connectivity index (χ1n) is 7.44. The number of hydrogen-bond donors (Lipinski definition) is 4. The number of fused-ring (bicyclic) bond motifs is 1. The van der Waals surface area contributed by atoms with Crippen molar-refractivity contribution in [3.63, 3.8) is 0 Å². The molecule has 0 aliphatic rings. The average molecular weight is 335 g/mol. The fraction of sp³-hybridized carbons (Fsp3) is 0. The highest BCUT2D eigenvalue weighted by Crippen LogP contribution is 2.36. The van der Waals surface area contributed by atoms with E-state index in [0.717, 1.165) is 0 Å². The van der Waals surface area contributed by atoms with E-state index in [1.54, 1.807) is 30.3 Å². The first-order chi connectivity index (χ1) is 12.0. The Morgan fingerprint density at radius 1 is 0.720 bits per heavy atom. The van der Waals surface area contributed by atoms with Crippen LogP contribution in [0.15, 0.2) is 54.6 Å². The number of phenolic OH excluding ortho intramolecular Hbond substituents is 4. The fourth-order valence-corrected chi connectivity index (χ4v) is 2.64. The highest BCUT2D eigenvalue weighted by Gasteiger charge is 2.13. The minimum absolute atomic E-state index is 0.0559. The van der Waals surface area contributed by atoms with Gasteiger partial charge < -0.3 is 20.4 Å². The van der Waals surface area contributed by atoms with Gasteiger partial charge in [0.1, 0.15) is 28.2 Å². The molecule has 0 spiro atoms. The van der Waals surface area contributed by atoms with Gasteiger partial charge in [-0.3, -0.25) is 0 Å². The summed E-state index contributed by atoms with van der Waals surface area (Å²) in [5.74, 6) is -0.605. The van der Waals surface area contributed by atoms with Gasteiger partial charge in [0, 0.05) is 11.6 Å². The van der Waals surface area contributed by atoms with Crippen molar-refractivity contribution < 1.29 is 20.4 Å². The molecular formula is C18H13N3O4. The lowest BCUT2D eigenvalue weighted by atomic mass is 10.0. The number of aromatic nitrogens is 3. The van der Waals surface area contributed by atoms with Crippen molar-refractivity contribution in [1.82, 2.24) is 15.0 Å². The Hall–Kier alpha value is -3.74. The number of phenols is 4. The van der Waals surface area contributed by atoms with Crippen LogP contribution in [0.1, 0.15) is 0 Å². The fourth-order valence-electron chi connectivity index (χ4n) is 2.64. The van der Waals surface area contributed by atoms with Crippen molar-refractivity contribution in [2.45, 2.75) is 0 Å². The summed E-state index contributed by atoms with van der Waals surface area (Å²) < 4.78 is 0. The number of para-hydroxylation sites is 1. The Balaban J connectivity index is 1.83. The molecule has 3 aromatic carbocycles. The predicted octanol–water partition coefficient (Wildman–Crippen LogP) is 2.91. The van der Waals surface area contributed by atoms with Gasteiger partial charge in [-0.1, -0.05) is 18.2 Å². The van der Waals surface area contributed by atoms with E-state index in [1.807, 2.05) is 0 Å². The van der Waals surface area contributed by atoms with Crippen LogP contribution in [-0.4, -0.2) is 35.4 Å². The normalized spacial score (nSPS) is 11.0. The Morgan fingerprint density at radius 2 is 1.52 bits per heavy atom. The lowest BCUT2D eigenvalue weighted by Gasteiger charge is -2.05. The molecule has 4 rings (SSSR count). The van der Waals surface area contributed by atoms with Crippen molar-refractivity contribution >= 4 is 11.0 Å². The van der Waals surface area contributed by atoms with Crippen molar-refractivity contribution in [3.8, 4) is 39.8 Å². The van der Waals surface area contributed by atoms with E-state index in [0.29, 0.717) is 27.8 Å². The zero-order valence-electron chi connectivity index (χ0n) is 12.8. The summed E-state index contributed by atoms with van der Waals surface area (Å²) in [5.41, 5.74) is 2.62. The van der Waals surface area contributed by atoms with Gasteiger partial charge in [-0.2, -0.15) is 0 Å². The highest BCUT2D eigenvalue weighted by molar-refractivity contribution is 5.83. The molecular weight excluding hydrogens is 322 g/mol. The molecule has 7 nitrogen and oxygen atoms in total. The number of benzene rings is 3. The second-order valence-corrected chi connectivity index (χ2v) is 5.54. The first kappa shape index (κ1) is 14.8. The average Bonchev–Trinajstić information content (AvgIpc) is 3.00. The Labute approximate surface area is 141 Å². The molecule has 0 amide bonds. The molecule has 4 N–H and O–H groups in total. The summed E-state index contributed by atoms with van der Waals surface area (Å²) in [7, 11) is 0. The first-order valence-corrected chi connectivity index (χ1v) is 7.44. The third-order valence-electron chi connectivity index (χ3n) is 3.88. The molecule has 0 saturated carbocycles. The van der Waals surface area contributed by atoms with Gasteiger partial charge in [-0.15, -0.1) is 15.0 Å². The van der Waals surface area contributed by atoms with Gasteiger partial charge >= 0.3 is 0 Å². The summed E-state index contributed by atoms with van der Waals surface area (Å²) in [5, 5.41) is 47.6. The Bertz CT molecular complexity index is 1100. The molecule has 0 unspecified atom stereocenters. The van der Waals surface area contributed by atoms with Crippen LogP contribution in [0.5, 0.6) is 23.0 Å². The minimum Gasteiger partial charge on any atom is -0.508 e. The maximum absolute atomic E-state index is 10.0. The standard InChI is InChI=1S/C18H13N3O4/c22-11-5-7-15(17(24)9-11)21-19-13-6-4-10(8-14(13)20-21)12-2-1-3-16(23)18(12)25/h1-9,22-25H. The summed E-state index contributed by atoms with van der Waals surface area (Å²) in [4.78, 5) is 1.27. The SMILES string of the molecule is Oc1ccc(-n2nc3ccc(-c4cccc(O)c4O)cc3n2)c(O)c1. The molecule has 0 fully saturated rings. The third-order valence-corrected chi connectivity index (χ3v) is 3.88. The van der Waals surface area contributed by atoms with Crippen molar-refractivity contribution in [2.75, 3.05) is 0 Å². The van der Waals surface area contributed by atoms with Gasteiger partial charge in [-0.25, -0.2) is 0 Å². The van der Waals surface area contributed by atoms with E-state index >= 15 is 0 Å². The molecule has 7 heteroatoms. The van der Waals surface area contributed by atoms with Gasteiger partial charge in [0.05, 0.1) is 0 Å². The van der Waals surface area contributed by atoms with Crippen molar-refractivity contribution in [2.24, 2.45) is 0 Å². The maximum Gasteiger partial charge on any atom is 0.165 e. The molecule has 0 bridgehead atoms.